The number of nitrogens with zero attached hydrogens (tertiary/aromatic N) is 1. The monoisotopic (exact) mass is 389 g/mol. The molecular weight excluding hydrogens is 366 g/mol. The van der Waals surface area contributed by atoms with Crippen molar-refractivity contribution in [1.82, 2.24) is 0 Å². The van der Waals surface area contributed by atoms with Gasteiger partial charge in [-0.15, -0.1) is 0 Å². The number of carbonyl (C=O) groups excluding carboxylic acids is 3. The van der Waals surface area contributed by atoms with Crippen LogP contribution in [0.25, 0.3) is 0 Å². The van der Waals surface area contributed by atoms with Gasteiger partial charge in [0.2, 0.25) is 5.90 Å². The third-order valence-electron chi connectivity index (χ3n) is 3.16. The highest BCUT2D eigenvalue weighted by atomic mass is 16.6. The third-order valence-corrected chi connectivity index (χ3v) is 3.16. The number of carboxylic acid groups (broad SMARTS) is 2. The highest BCUT2D eigenvalue weighted by Gasteiger charge is 2.15. The van der Waals surface area contributed by atoms with Crippen molar-refractivity contribution < 1.29 is 48.9 Å². The third kappa shape index (κ3) is 15.0. The number of esters is 3. The first-order valence-electron chi connectivity index (χ1n) is 8.33. The number of oxime groups is 1. The highest BCUT2D eigenvalue weighted by molar-refractivity contribution is 5.91. The number of rotatable bonds is 13. The summed E-state index contributed by atoms with van der Waals surface area (Å²) in [7, 11) is 0. The highest BCUT2D eigenvalue weighted by Crippen LogP contribution is 2.06. The van der Waals surface area contributed by atoms with E-state index in [1.165, 1.54) is 0 Å². The molecule has 0 spiro atoms. The van der Waals surface area contributed by atoms with E-state index >= 15 is 0 Å². The summed E-state index contributed by atoms with van der Waals surface area (Å²) in [5.74, 6) is -4.83. The normalized spacial score (nSPS) is 10.9. The Morgan fingerprint density at radius 3 is 1.44 bits per heavy atom. The Morgan fingerprint density at radius 1 is 0.593 bits per heavy atom. The minimum atomic E-state index is -0.980. The number of ether oxygens (including phenoxy) is 2. The fourth-order valence-electron chi connectivity index (χ4n) is 1.83. The van der Waals surface area contributed by atoms with E-state index in [1.54, 1.807) is 0 Å². The number of carbonyl (C=O) groups is 5. The lowest BCUT2D eigenvalue weighted by atomic mass is 10.2. The molecule has 0 fully saturated rings. The molecule has 152 valence electrons. The maximum Gasteiger partial charge on any atom is 0.313 e. The van der Waals surface area contributed by atoms with E-state index in [4.69, 9.17) is 20.2 Å². The first kappa shape index (κ1) is 24.0. The second kappa shape index (κ2) is 14.2. The molecule has 0 aliphatic carbocycles. The summed E-state index contributed by atoms with van der Waals surface area (Å²) >= 11 is 0. The van der Waals surface area contributed by atoms with Crippen molar-refractivity contribution >= 4 is 35.7 Å². The molecule has 0 radical (unpaired) electrons. The topological polar surface area (TPSA) is 177 Å². The molecule has 0 amide bonds. The van der Waals surface area contributed by atoms with Crippen LogP contribution in [-0.4, -0.2) is 51.2 Å². The molecule has 27 heavy (non-hydrogen) atoms. The molecule has 0 aliphatic heterocycles. The van der Waals surface area contributed by atoms with Crippen molar-refractivity contribution in [3.63, 3.8) is 0 Å². The van der Waals surface area contributed by atoms with Crippen LogP contribution in [0.5, 0.6) is 0 Å². The fraction of sp³-hybridized carbons (Fsp3) is 0.625. The zero-order chi connectivity index (χ0) is 20.7. The number of unbranched alkanes of at least 4 members (excludes halogenated alkanes) is 2. The molecule has 0 aromatic carbocycles. The molecule has 0 atom stereocenters. The largest absolute Gasteiger partial charge is 0.481 e. The van der Waals surface area contributed by atoms with Gasteiger partial charge in [-0.2, -0.15) is 0 Å². The van der Waals surface area contributed by atoms with Gasteiger partial charge in [-0.25, -0.2) is 0 Å². The number of hydrogen-bond donors (Lipinski definition) is 3. The molecule has 0 saturated carbocycles. The van der Waals surface area contributed by atoms with E-state index in [-0.39, 0.29) is 64.2 Å². The van der Waals surface area contributed by atoms with E-state index in [0.29, 0.717) is 0 Å². The molecule has 0 saturated heterocycles. The van der Waals surface area contributed by atoms with Crippen LogP contribution in [-0.2, 0) is 33.4 Å². The van der Waals surface area contributed by atoms with Crippen LogP contribution in [0, 0.1) is 0 Å². The molecule has 11 heteroatoms. The predicted octanol–water partition coefficient (Wildman–Crippen LogP) is 1.46. The zero-order valence-electron chi connectivity index (χ0n) is 14.7. The van der Waals surface area contributed by atoms with Crippen LogP contribution in [0.2, 0.25) is 0 Å². The maximum absolute atomic E-state index is 11.5. The standard InChI is InChI=1S/C16H23NO10/c18-12(19)5-1-3-7-14(22)26-11(17-25)9-10-16(24)27-15(23)8-4-2-6-13(20)21/h25H,1-10H2,(H,18,19)(H,20,21)/b17-11-. The first-order valence-corrected chi connectivity index (χ1v) is 8.33. The van der Waals surface area contributed by atoms with E-state index in [2.05, 4.69) is 9.89 Å². The van der Waals surface area contributed by atoms with Crippen molar-refractivity contribution in [3.05, 3.63) is 0 Å². The lowest BCUT2D eigenvalue weighted by molar-refractivity contribution is -0.160. The summed E-state index contributed by atoms with van der Waals surface area (Å²) in [4.78, 5) is 55.0. The van der Waals surface area contributed by atoms with Crippen LogP contribution < -0.4 is 0 Å². The number of aliphatic carboxylic acids is 2. The van der Waals surface area contributed by atoms with Gasteiger partial charge >= 0.3 is 29.8 Å². The van der Waals surface area contributed by atoms with Crippen LogP contribution in [0.15, 0.2) is 5.16 Å². The molecule has 0 heterocycles. The Hall–Kier alpha value is -2.98. The quantitative estimate of drug-likeness (QED) is 0.0794. The maximum atomic E-state index is 11.5. The van der Waals surface area contributed by atoms with Crippen LogP contribution in [0.1, 0.15) is 64.2 Å². The lowest BCUT2D eigenvalue weighted by Gasteiger charge is -2.06. The van der Waals surface area contributed by atoms with Gasteiger partial charge in [-0.1, -0.05) is 5.16 Å². The summed E-state index contributed by atoms with van der Waals surface area (Å²) in [5, 5.41) is 28.4. The lowest BCUT2D eigenvalue weighted by Crippen LogP contribution is -2.17. The van der Waals surface area contributed by atoms with Crippen molar-refractivity contribution in [1.29, 1.82) is 0 Å². The van der Waals surface area contributed by atoms with E-state index in [0.717, 1.165) is 0 Å². The Labute approximate surface area is 154 Å². The first-order chi connectivity index (χ1) is 12.7. The van der Waals surface area contributed by atoms with Crippen molar-refractivity contribution in [3.8, 4) is 0 Å². The van der Waals surface area contributed by atoms with Crippen LogP contribution in [0.4, 0.5) is 0 Å². The average Bonchev–Trinajstić information content (AvgIpc) is 2.58. The molecule has 0 aromatic heterocycles. The Morgan fingerprint density at radius 2 is 1.00 bits per heavy atom. The van der Waals surface area contributed by atoms with E-state index in [9.17, 15) is 24.0 Å². The Kier molecular flexibility index (Phi) is 12.6. The minimum Gasteiger partial charge on any atom is -0.481 e. The van der Waals surface area contributed by atoms with E-state index in [1.807, 2.05) is 0 Å². The van der Waals surface area contributed by atoms with Gasteiger partial charge in [0.25, 0.3) is 0 Å². The predicted molar refractivity (Wildman–Crippen MR) is 87.9 cm³/mol. The van der Waals surface area contributed by atoms with Crippen molar-refractivity contribution in [2.24, 2.45) is 5.16 Å². The second-order valence-corrected chi connectivity index (χ2v) is 5.52. The van der Waals surface area contributed by atoms with E-state index < -0.39 is 35.7 Å². The molecule has 0 aliphatic rings. The summed E-state index contributed by atoms with van der Waals surface area (Å²) in [6.45, 7) is 0. The van der Waals surface area contributed by atoms with Crippen molar-refractivity contribution in [2.45, 2.75) is 64.2 Å². The minimum absolute atomic E-state index is 0.0778. The van der Waals surface area contributed by atoms with Gasteiger partial charge in [0.1, 0.15) is 0 Å². The van der Waals surface area contributed by atoms with Gasteiger partial charge < -0.3 is 24.9 Å². The summed E-state index contributed by atoms with van der Waals surface area (Å²) in [5.41, 5.74) is 0. The zero-order valence-corrected chi connectivity index (χ0v) is 14.7. The molecule has 11 nitrogen and oxygen atoms in total. The summed E-state index contributed by atoms with van der Waals surface area (Å²) < 4.78 is 9.23. The van der Waals surface area contributed by atoms with Gasteiger partial charge in [0.05, 0.1) is 6.42 Å². The van der Waals surface area contributed by atoms with Crippen LogP contribution in [0.3, 0.4) is 0 Å². The van der Waals surface area contributed by atoms with Crippen molar-refractivity contribution in [2.75, 3.05) is 0 Å². The smallest absolute Gasteiger partial charge is 0.313 e. The summed E-state index contributed by atoms with van der Waals surface area (Å²) in [6, 6.07) is 0. The average molecular weight is 389 g/mol. The summed E-state index contributed by atoms with van der Waals surface area (Å²) in [6.07, 6.45) is 0.123. The van der Waals surface area contributed by atoms with Gasteiger partial charge in [0.15, 0.2) is 0 Å². The molecule has 0 unspecified atom stereocenters. The fourth-order valence-corrected chi connectivity index (χ4v) is 1.83. The van der Waals surface area contributed by atoms with Gasteiger partial charge in [-0.05, 0) is 25.7 Å². The SMILES string of the molecule is O=C(O)CCCCC(=O)OC(=O)CC/C(=N/O)OC(=O)CCCCC(=O)O. The van der Waals surface area contributed by atoms with Gasteiger partial charge in [0, 0.05) is 32.1 Å². The number of carboxylic acids is 2. The molecule has 0 bridgehead atoms. The molecule has 0 aromatic rings. The molecular formula is C16H23NO10. The molecule has 3 N–H and O–H groups in total. The van der Waals surface area contributed by atoms with Gasteiger partial charge in [-0.3, -0.25) is 24.0 Å². The molecule has 0 rings (SSSR count). The Balaban J connectivity index is 4.00. The Bertz CT molecular complexity index is 570. The second-order valence-electron chi connectivity index (χ2n) is 5.52. The number of hydrogen-bond acceptors (Lipinski definition) is 9. The van der Waals surface area contributed by atoms with Crippen LogP contribution >= 0.6 is 0 Å².